The summed E-state index contributed by atoms with van der Waals surface area (Å²) < 4.78 is 7.17. The van der Waals surface area contributed by atoms with Crippen molar-refractivity contribution in [2.24, 2.45) is 0 Å². The van der Waals surface area contributed by atoms with Gasteiger partial charge in [-0.2, -0.15) is 5.10 Å². The van der Waals surface area contributed by atoms with Gasteiger partial charge >= 0.3 is 0 Å². The minimum absolute atomic E-state index is 0.107. The van der Waals surface area contributed by atoms with Crippen LogP contribution in [0.4, 0.5) is 0 Å². The van der Waals surface area contributed by atoms with Crippen molar-refractivity contribution in [3.63, 3.8) is 0 Å². The molecule has 5 heteroatoms. The fourth-order valence-electron chi connectivity index (χ4n) is 2.57. The first-order valence-corrected chi connectivity index (χ1v) is 7.07. The first-order chi connectivity index (χ1) is 9.20. The molecule has 1 aromatic heterocycles. The van der Waals surface area contributed by atoms with E-state index in [4.69, 9.17) is 4.74 Å². The van der Waals surface area contributed by atoms with Crippen molar-refractivity contribution in [2.45, 2.75) is 45.7 Å². The van der Waals surface area contributed by atoms with Crippen molar-refractivity contribution < 1.29 is 9.53 Å². The molecule has 0 unspecified atom stereocenters. The molecular formula is C14H23N3O2. The highest BCUT2D eigenvalue weighted by molar-refractivity contribution is 5.77. The van der Waals surface area contributed by atoms with Crippen molar-refractivity contribution in [1.82, 2.24) is 14.7 Å². The van der Waals surface area contributed by atoms with Crippen LogP contribution in [0, 0.1) is 6.92 Å². The largest absolute Gasteiger partial charge is 0.372 e. The van der Waals surface area contributed by atoms with Crippen LogP contribution in [0.2, 0.25) is 0 Å². The van der Waals surface area contributed by atoms with Gasteiger partial charge in [-0.05, 0) is 38.7 Å². The summed E-state index contributed by atoms with van der Waals surface area (Å²) in [5, 5.41) is 4.31. The zero-order valence-corrected chi connectivity index (χ0v) is 11.8. The Bertz CT molecular complexity index is 417. The van der Waals surface area contributed by atoms with Crippen molar-refractivity contribution in [3.05, 3.63) is 18.0 Å². The van der Waals surface area contributed by atoms with Crippen molar-refractivity contribution in [3.8, 4) is 0 Å². The number of rotatable bonds is 5. The van der Waals surface area contributed by atoms with Crippen molar-refractivity contribution >= 4 is 5.91 Å². The van der Waals surface area contributed by atoms with E-state index in [1.54, 1.807) is 0 Å². The SMILES string of the molecule is CCOCC(=O)N1CCCC[C@@H]1Cn1cc(C)cn1. The lowest BCUT2D eigenvalue weighted by atomic mass is 10.0. The molecule has 0 saturated carbocycles. The van der Waals surface area contributed by atoms with Crippen molar-refractivity contribution in [1.29, 1.82) is 0 Å². The number of likely N-dealkylation sites (tertiary alicyclic amines) is 1. The van der Waals surface area contributed by atoms with Gasteiger partial charge < -0.3 is 9.64 Å². The molecule has 0 spiro atoms. The number of carbonyl (C=O) groups excluding carboxylic acids is 1. The maximum absolute atomic E-state index is 12.1. The molecule has 5 nitrogen and oxygen atoms in total. The maximum atomic E-state index is 12.1. The third-order valence-electron chi connectivity index (χ3n) is 3.54. The lowest BCUT2D eigenvalue weighted by Gasteiger charge is -2.35. The molecule has 1 amide bonds. The van der Waals surface area contributed by atoms with Crippen LogP contribution >= 0.6 is 0 Å². The molecule has 2 heterocycles. The highest BCUT2D eigenvalue weighted by Crippen LogP contribution is 2.18. The van der Waals surface area contributed by atoms with Crippen LogP contribution in [-0.2, 0) is 16.1 Å². The summed E-state index contributed by atoms with van der Waals surface area (Å²) in [6, 6.07) is 0.251. The Labute approximate surface area is 114 Å². The van der Waals surface area contributed by atoms with Gasteiger partial charge in [0.25, 0.3) is 0 Å². The number of aryl methyl sites for hydroxylation is 1. The fourth-order valence-corrected chi connectivity index (χ4v) is 2.57. The van der Waals surface area contributed by atoms with Crippen LogP contribution < -0.4 is 0 Å². The highest BCUT2D eigenvalue weighted by atomic mass is 16.5. The second-order valence-electron chi connectivity index (χ2n) is 5.11. The fraction of sp³-hybridized carbons (Fsp3) is 0.714. The third kappa shape index (κ3) is 3.80. The molecule has 1 aromatic rings. The second-order valence-corrected chi connectivity index (χ2v) is 5.11. The summed E-state index contributed by atoms with van der Waals surface area (Å²) in [4.78, 5) is 14.1. The van der Waals surface area contributed by atoms with Crippen LogP contribution in [-0.4, -0.2) is 46.4 Å². The van der Waals surface area contributed by atoms with E-state index in [0.717, 1.165) is 31.5 Å². The van der Waals surface area contributed by atoms with Gasteiger partial charge in [-0.1, -0.05) is 0 Å². The first-order valence-electron chi connectivity index (χ1n) is 7.07. The molecule has 1 aliphatic rings. The van der Waals surface area contributed by atoms with Crippen LogP contribution in [0.15, 0.2) is 12.4 Å². The molecule has 2 rings (SSSR count). The van der Waals surface area contributed by atoms with E-state index in [0.29, 0.717) is 6.61 Å². The Morgan fingerprint density at radius 1 is 1.53 bits per heavy atom. The number of ether oxygens (including phenoxy) is 1. The van der Waals surface area contributed by atoms with Gasteiger partial charge in [-0.15, -0.1) is 0 Å². The second kappa shape index (κ2) is 6.70. The molecule has 0 aromatic carbocycles. The molecular weight excluding hydrogens is 242 g/mol. The van der Waals surface area contributed by atoms with E-state index in [1.807, 2.05) is 35.8 Å². The molecule has 0 radical (unpaired) electrons. The number of carbonyl (C=O) groups is 1. The first kappa shape index (κ1) is 14.1. The standard InChI is InChI=1S/C14H23N3O2/c1-3-19-11-14(18)17-7-5-4-6-13(17)10-16-9-12(2)8-15-16/h8-9,13H,3-7,10-11H2,1-2H3/t13-/m1/s1. The molecule has 0 bridgehead atoms. The topological polar surface area (TPSA) is 47.4 Å². The summed E-state index contributed by atoms with van der Waals surface area (Å²) in [5.74, 6) is 0.107. The summed E-state index contributed by atoms with van der Waals surface area (Å²) >= 11 is 0. The number of aromatic nitrogens is 2. The zero-order valence-electron chi connectivity index (χ0n) is 11.8. The Morgan fingerprint density at radius 3 is 3.05 bits per heavy atom. The molecule has 1 saturated heterocycles. The maximum Gasteiger partial charge on any atom is 0.248 e. The van der Waals surface area contributed by atoms with Crippen LogP contribution in [0.25, 0.3) is 0 Å². The lowest BCUT2D eigenvalue weighted by molar-refractivity contribution is -0.140. The van der Waals surface area contributed by atoms with Gasteiger partial charge in [0.15, 0.2) is 0 Å². The highest BCUT2D eigenvalue weighted by Gasteiger charge is 2.26. The summed E-state index contributed by atoms with van der Waals surface area (Å²) in [6.45, 7) is 6.35. The average molecular weight is 265 g/mol. The molecule has 0 N–H and O–H groups in total. The monoisotopic (exact) mass is 265 g/mol. The van der Waals surface area contributed by atoms with Gasteiger partial charge in [-0.3, -0.25) is 9.48 Å². The van der Waals surface area contributed by atoms with Gasteiger partial charge in [0.1, 0.15) is 6.61 Å². The zero-order chi connectivity index (χ0) is 13.7. The Morgan fingerprint density at radius 2 is 2.37 bits per heavy atom. The number of piperidine rings is 1. The molecule has 19 heavy (non-hydrogen) atoms. The predicted octanol–water partition coefficient (Wildman–Crippen LogP) is 1.61. The normalized spacial score (nSPS) is 19.7. The molecule has 106 valence electrons. The number of hydrogen-bond donors (Lipinski definition) is 0. The molecule has 1 atom stereocenters. The number of nitrogens with zero attached hydrogens (tertiary/aromatic N) is 3. The lowest BCUT2D eigenvalue weighted by Crippen LogP contribution is -2.47. The Hall–Kier alpha value is -1.36. The van der Waals surface area contributed by atoms with E-state index < -0.39 is 0 Å². The summed E-state index contributed by atoms with van der Waals surface area (Å²) in [5.41, 5.74) is 1.16. The quantitative estimate of drug-likeness (QED) is 0.812. The minimum atomic E-state index is 0.107. The average Bonchev–Trinajstić information content (AvgIpc) is 2.82. The van der Waals surface area contributed by atoms with Gasteiger partial charge in [0.2, 0.25) is 5.91 Å². The Balaban J connectivity index is 1.97. The van der Waals surface area contributed by atoms with E-state index in [9.17, 15) is 4.79 Å². The minimum Gasteiger partial charge on any atom is -0.372 e. The number of hydrogen-bond acceptors (Lipinski definition) is 3. The molecule has 1 aliphatic heterocycles. The summed E-state index contributed by atoms with van der Waals surface area (Å²) in [7, 11) is 0. The third-order valence-corrected chi connectivity index (χ3v) is 3.54. The van der Waals surface area contributed by atoms with E-state index in [2.05, 4.69) is 5.10 Å². The molecule has 1 fully saturated rings. The van der Waals surface area contributed by atoms with E-state index >= 15 is 0 Å². The Kier molecular flexibility index (Phi) is 4.96. The predicted molar refractivity (Wildman–Crippen MR) is 72.8 cm³/mol. The molecule has 0 aliphatic carbocycles. The van der Waals surface area contributed by atoms with Crippen molar-refractivity contribution in [2.75, 3.05) is 19.8 Å². The van der Waals surface area contributed by atoms with Gasteiger partial charge in [-0.25, -0.2) is 0 Å². The number of amides is 1. The smallest absolute Gasteiger partial charge is 0.248 e. The van der Waals surface area contributed by atoms with Crippen LogP contribution in [0.1, 0.15) is 31.7 Å². The van der Waals surface area contributed by atoms with Crippen LogP contribution in [0.5, 0.6) is 0 Å². The van der Waals surface area contributed by atoms with E-state index in [-0.39, 0.29) is 18.6 Å². The van der Waals surface area contributed by atoms with E-state index in [1.165, 1.54) is 6.42 Å². The van der Waals surface area contributed by atoms with Gasteiger partial charge in [0, 0.05) is 19.3 Å². The van der Waals surface area contributed by atoms with Gasteiger partial charge in [0.05, 0.1) is 18.8 Å². The van der Waals surface area contributed by atoms with Crippen LogP contribution in [0.3, 0.4) is 0 Å². The summed E-state index contributed by atoms with van der Waals surface area (Å²) in [6.07, 6.45) is 7.21.